The van der Waals surface area contributed by atoms with Crippen molar-refractivity contribution in [3.05, 3.63) is 16.1 Å². The molecular weight excluding hydrogens is 200 g/mol. The fourth-order valence-corrected chi connectivity index (χ4v) is 3.47. The van der Waals surface area contributed by atoms with E-state index in [1.54, 1.807) is 11.3 Å². The van der Waals surface area contributed by atoms with E-state index < -0.39 is 0 Å². The van der Waals surface area contributed by atoms with Gasteiger partial charge >= 0.3 is 0 Å². The summed E-state index contributed by atoms with van der Waals surface area (Å²) in [7, 11) is 0. The van der Waals surface area contributed by atoms with Crippen LogP contribution >= 0.6 is 23.1 Å². The number of nitrogens with zero attached hydrogens (tertiary/aromatic N) is 1. The van der Waals surface area contributed by atoms with Gasteiger partial charge in [0.25, 0.3) is 0 Å². The van der Waals surface area contributed by atoms with E-state index in [1.165, 1.54) is 5.69 Å². The van der Waals surface area contributed by atoms with Gasteiger partial charge in [-0.15, -0.1) is 23.1 Å². The van der Waals surface area contributed by atoms with E-state index in [-0.39, 0.29) is 5.54 Å². The van der Waals surface area contributed by atoms with Gasteiger partial charge in [0.1, 0.15) is 0 Å². The van der Waals surface area contributed by atoms with Gasteiger partial charge in [0.15, 0.2) is 0 Å². The second-order valence-electron chi connectivity index (χ2n) is 4.01. The van der Waals surface area contributed by atoms with Crippen molar-refractivity contribution in [2.24, 2.45) is 0 Å². The first kappa shape index (κ1) is 9.49. The third-order valence-corrected chi connectivity index (χ3v) is 4.41. The standard InChI is InChI=1S/C9H14N2S2/c1-6-10-7(4-12-6)8-11-9(2,3)5-13-8/h4,8,11H,5H2,1-3H3. The zero-order valence-corrected chi connectivity index (χ0v) is 9.76. The predicted molar refractivity (Wildman–Crippen MR) is 59.3 cm³/mol. The maximum absolute atomic E-state index is 4.49. The SMILES string of the molecule is Cc1nc(C2NC(C)(C)CS2)cs1. The lowest BCUT2D eigenvalue weighted by atomic mass is 10.1. The predicted octanol–water partition coefficient (Wildman–Crippen LogP) is 2.57. The molecule has 1 unspecified atom stereocenters. The number of hydrogen-bond donors (Lipinski definition) is 1. The molecule has 1 fully saturated rings. The summed E-state index contributed by atoms with van der Waals surface area (Å²) in [4.78, 5) is 4.49. The highest BCUT2D eigenvalue weighted by Gasteiger charge is 2.32. The number of nitrogens with one attached hydrogen (secondary N) is 1. The van der Waals surface area contributed by atoms with Crippen molar-refractivity contribution in [2.75, 3.05) is 5.75 Å². The fraction of sp³-hybridized carbons (Fsp3) is 0.667. The molecule has 0 amide bonds. The highest BCUT2D eigenvalue weighted by Crippen LogP contribution is 2.37. The Morgan fingerprint density at radius 1 is 1.62 bits per heavy atom. The van der Waals surface area contributed by atoms with E-state index in [4.69, 9.17) is 0 Å². The Labute approximate surface area is 87.1 Å². The van der Waals surface area contributed by atoms with Gasteiger partial charge in [-0.05, 0) is 20.8 Å². The second kappa shape index (κ2) is 3.26. The minimum Gasteiger partial charge on any atom is -0.294 e. The van der Waals surface area contributed by atoms with E-state index in [0.29, 0.717) is 5.37 Å². The van der Waals surface area contributed by atoms with Crippen LogP contribution in [0.15, 0.2) is 5.38 Å². The molecule has 4 heteroatoms. The first-order chi connectivity index (χ1) is 6.07. The van der Waals surface area contributed by atoms with Gasteiger partial charge < -0.3 is 0 Å². The van der Waals surface area contributed by atoms with Gasteiger partial charge in [-0.3, -0.25) is 5.32 Å². The summed E-state index contributed by atoms with van der Waals surface area (Å²) in [6.45, 7) is 6.53. The molecule has 0 bridgehead atoms. The van der Waals surface area contributed by atoms with Gasteiger partial charge in [0, 0.05) is 16.7 Å². The quantitative estimate of drug-likeness (QED) is 0.777. The Kier molecular flexibility index (Phi) is 2.38. The summed E-state index contributed by atoms with van der Waals surface area (Å²) in [5, 5.41) is 7.28. The van der Waals surface area contributed by atoms with Crippen LogP contribution in [0.1, 0.15) is 29.9 Å². The molecule has 1 aromatic rings. The summed E-state index contributed by atoms with van der Waals surface area (Å²) in [6, 6.07) is 0. The highest BCUT2D eigenvalue weighted by molar-refractivity contribution is 7.99. The van der Waals surface area contributed by atoms with Crippen LogP contribution in [0.25, 0.3) is 0 Å². The highest BCUT2D eigenvalue weighted by atomic mass is 32.2. The molecule has 0 radical (unpaired) electrons. The first-order valence-corrected chi connectivity index (χ1v) is 6.31. The number of thioether (sulfide) groups is 1. The monoisotopic (exact) mass is 214 g/mol. The number of aryl methyl sites for hydroxylation is 1. The van der Waals surface area contributed by atoms with Crippen LogP contribution in [0.5, 0.6) is 0 Å². The number of hydrogen-bond acceptors (Lipinski definition) is 4. The summed E-state index contributed by atoms with van der Waals surface area (Å²) in [5.74, 6) is 1.16. The average molecular weight is 214 g/mol. The third-order valence-electron chi connectivity index (χ3n) is 2.04. The lowest BCUT2D eigenvalue weighted by molar-refractivity contribution is 0.449. The fourth-order valence-electron chi connectivity index (χ4n) is 1.39. The first-order valence-electron chi connectivity index (χ1n) is 4.38. The maximum atomic E-state index is 4.49. The molecule has 72 valence electrons. The molecule has 0 spiro atoms. The summed E-state index contributed by atoms with van der Waals surface area (Å²) >= 11 is 3.68. The Bertz CT molecular complexity index is 306. The molecule has 2 rings (SSSR count). The van der Waals surface area contributed by atoms with Gasteiger partial charge in [-0.1, -0.05) is 0 Å². The van der Waals surface area contributed by atoms with Crippen LogP contribution in [-0.2, 0) is 0 Å². The largest absolute Gasteiger partial charge is 0.294 e. The normalized spacial score (nSPS) is 26.5. The van der Waals surface area contributed by atoms with Crippen LogP contribution in [0.3, 0.4) is 0 Å². The molecule has 2 heterocycles. The molecule has 1 saturated heterocycles. The van der Waals surface area contributed by atoms with Crippen LogP contribution in [0.4, 0.5) is 0 Å². The van der Waals surface area contributed by atoms with Crippen molar-refractivity contribution >= 4 is 23.1 Å². The third kappa shape index (κ3) is 2.06. The van der Waals surface area contributed by atoms with Crippen LogP contribution < -0.4 is 5.32 Å². The molecule has 0 saturated carbocycles. The Hall–Kier alpha value is -0.0600. The van der Waals surface area contributed by atoms with Crippen molar-refractivity contribution in [3.8, 4) is 0 Å². The molecule has 1 aromatic heterocycles. The minimum atomic E-state index is 0.257. The lowest BCUT2D eigenvalue weighted by Gasteiger charge is -2.17. The maximum Gasteiger partial charge on any atom is 0.0975 e. The molecule has 0 aromatic carbocycles. The molecule has 2 nitrogen and oxygen atoms in total. The molecule has 1 atom stereocenters. The molecular formula is C9H14N2S2. The van der Waals surface area contributed by atoms with E-state index in [1.807, 2.05) is 11.8 Å². The average Bonchev–Trinajstić information content (AvgIpc) is 2.56. The second-order valence-corrected chi connectivity index (χ2v) is 6.17. The Morgan fingerprint density at radius 3 is 2.85 bits per heavy atom. The van der Waals surface area contributed by atoms with Crippen LogP contribution in [0.2, 0.25) is 0 Å². The van der Waals surface area contributed by atoms with Crippen molar-refractivity contribution in [1.29, 1.82) is 0 Å². The van der Waals surface area contributed by atoms with Gasteiger partial charge in [-0.2, -0.15) is 0 Å². The van der Waals surface area contributed by atoms with Gasteiger partial charge in [0.2, 0.25) is 0 Å². The lowest BCUT2D eigenvalue weighted by Crippen LogP contribution is -2.35. The number of aromatic nitrogens is 1. The smallest absolute Gasteiger partial charge is 0.0975 e. The van der Waals surface area contributed by atoms with Gasteiger partial charge in [-0.25, -0.2) is 4.98 Å². The van der Waals surface area contributed by atoms with E-state index >= 15 is 0 Å². The zero-order chi connectivity index (χ0) is 9.47. The van der Waals surface area contributed by atoms with Crippen molar-refractivity contribution < 1.29 is 0 Å². The van der Waals surface area contributed by atoms with Crippen LogP contribution in [0, 0.1) is 6.92 Å². The van der Waals surface area contributed by atoms with Gasteiger partial charge in [0.05, 0.1) is 16.1 Å². The Balaban J connectivity index is 2.12. The molecule has 1 N–H and O–H groups in total. The topological polar surface area (TPSA) is 24.9 Å². The molecule has 13 heavy (non-hydrogen) atoms. The van der Waals surface area contributed by atoms with Crippen LogP contribution in [-0.4, -0.2) is 16.3 Å². The Morgan fingerprint density at radius 2 is 2.38 bits per heavy atom. The molecule has 0 aliphatic carbocycles. The van der Waals surface area contributed by atoms with Crippen molar-refractivity contribution in [1.82, 2.24) is 10.3 Å². The number of rotatable bonds is 1. The summed E-state index contributed by atoms with van der Waals surface area (Å²) < 4.78 is 0. The molecule has 1 aliphatic heterocycles. The van der Waals surface area contributed by atoms with Crippen molar-refractivity contribution in [3.63, 3.8) is 0 Å². The van der Waals surface area contributed by atoms with E-state index in [0.717, 1.165) is 10.8 Å². The van der Waals surface area contributed by atoms with E-state index in [9.17, 15) is 0 Å². The van der Waals surface area contributed by atoms with Crippen molar-refractivity contribution in [2.45, 2.75) is 31.7 Å². The number of thiazole rings is 1. The zero-order valence-electron chi connectivity index (χ0n) is 8.13. The minimum absolute atomic E-state index is 0.257. The summed E-state index contributed by atoms with van der Waals surface area (Å²) in [5.41, 5.74) is 1.45. The van der Waals surface area contributed by atoms with E-state index in [2.05, 4.69) is 36.5 Å². The summed E-state index contributed by atoms with van der Waals surface area (Å²) in [6.07, 6.45) is 0. The molecule has 1 aliphatic rings.